The summed E-state index contributed by atoms with van der Waals surface area (Å²) in [5.74, 6) is -0.893. The minimum atomic E-state index is -3.85. The van der Waals surface area contributed by atoms with Crippen molar-refractivity contribution in [3.8, 4) is 0 Å². The Balaban J connectivity index is 0.00000312. The van der Waals surface area contributed by atoms with Gasteiger partial charge in [0.2, 0.25) is 15.9 Å². The molecule has 1 aliphatic rings. The van der Waals surface area contributed by atoms with Crippen molar-refractivity contribution in [2.45, 2.75) is 29.8 Å². The molecule has 7 nitrogen and oxygen atoms in total. The molecule has 1 fully saturated rings. The van der Waals surface area contributed by atoms with Gasteiger partial charge in [0.1, 0.15) is 11.9 Å². The Labute approximate surface area is 153 Å². The van der Waals surface area contributed by atoms with E-state index >= 15 is 0 Å². The largest absolute Gasteiger partial charge is 0.383 e. The van der Waals surface area contributed by atoms with Gasteiger partial charge in [-0.25, -0.2) is 17.5 Å². The van der Waals surface area contributed by atoms with Crippen molar-refractivity contribution in [2.24, 2.45) is 5.73 Å². The molecule has 10 heteroatoms. The lowest BCUT2D eigenvalue weighted by Gasteiger charge is -2.34. The molecule has 2 rings (SSSR count). The van der Waals surface area contributed by atoms with E-state index in [1.807, 2.05) is 0 Å². The van der Waals surface area contributed by atoms with Crippen LogP contribution in [0, 0.1) is 5.82 Å². The zero-order chi connectivity index (χ0) is 17.7. The van der Waals surface area contributed by atoms with Gasteiger partial charge in [0.05, 0.1) is 11.5 Å². The SMILES string of the molecule is COCC(N)C(=O)N1CCCC(NS(=O)(=O)c2cccc(F)c2)C1.Cl. The van der Waals surface area contributed by atoms with Crippen molar-refractivity contribution in [2.75, 3.05) is 26.8 Å². The van der Waals surface area contributed by atoms with Crippen LogP contribution in [0.25, 0.3) is 0 Å². The number of carbonyl (C=O) groups excluding carboxylic acids is 1. The number of carbonyl (C=O) groups is 1. The van der Waals surface area contributed by atoms with Gasteiger partial charge in [-0.1, -0.05) is 6.07 Å². The number of piperidine rings is 1. The van der Waals surface area contributed by atoms with Gasteiger partial charge in [-0.05, 0) is 31.0 Å². The van der Waals surface area contributed by atoms with Crippen LogP contribution < -0.4 is 10.5 Å². The maximum Gasteiger partial charge on any atom is 0.241 e. The molecule has 1 aromatic rings. The van der Waals surface area contributed by atoms with Crippen molar-refractivity contribution < 1.29 is 22.3 Å². The molecular formula is C15H23ClFN3O4S. The van der Waals surface area contributed by atoms with Gasteiger partial charge >= 0.3 is 0 Å². The number of ether oxygens (including phenoxy) is 1. The third-order valence-electron chi connectivity index (χ3n) is 3.82. The lowest BCUT2D eigenvalue weighted by atomic mass is 10.1. The lowest BCUT2D eigenvalue weighted by Crippen LogP contribution is -2.54. The van der Waals surface area contributed by atoms with Crippen LogP contribution in [-0.4, -0.2) is 58.1 Å². The van der Waals surface area contributed by atoms with E-state index in [4.69, 9.17) is 10.5 Å². The molecule has 1 aromatic carbocycles. The van der Waals surface area contributed by atoms with Crippen molar-refractivity contribution in [3.05, 3.63) is 30.1 Å². The number of nitrogens with two attached hydrogens (primary N) is 1. The average molecular weight is 396 g/mol. The molecular weight excluding hydrogens is 373 g/mol. The smallest absolute Gasteiger partial charge is 0.241 e. The monoisotopic (exact) mass is 395 g/mol. The number of likely N-dealkylation sites (tertiary alicyclic amines) is 1. The molecule has 0 bridgehead atoms. The standard InChI is InChI=1S/C15H22FN3O4S.ClH/c1-23-10-14(17)15(20)19-7-3-5-12(9-19)18-24(21,22)13-6-2-4-11(16)8-13;/h2,4,6,8,12,14,18H,3,5,7,9-10,17H2,1H3;1H. The molecule has 0 aromatic heterocycles. The zero-order valence-corrected chi connectivity index (χ0v) is 15.5. The summed E-state index contributed by atoms with van der Waals surface area (Å²) in [4.78, 5) is 13.6. The fourth-order valence-corrected chi connectivity index (χ4v) is 3.97. The highest BCUT2D eigenvalue weighted by Crippen LogP contribution is 2.16. The van der Waals surface area contributed by atoms with Crippen molar-refractivity contribution in [1.82, 2.24) is 9.62 Å². The quantitative estimate of drug-likeness (QED) is 0.730. The minimum Gasteiger partial charge on any atom is -0.383 e. The van der Waals surface area contributed by atoms with E-state index in [0.717, 1.165) is 6.07 Å². The molecule has 1 saturated heterocycles. The van der Waals surface area contributed by atoms with Gasteiger partial charge in [-0.15, -0.1) is 12.4 Å². The second-order valence-electron chi connectivity index (χ2n) is 5.76. The number of methoxy groups -OCH3 is 1. The maximum atomic E-state index is 13.2. The molecule has 1 heterocycles. The molecule has 142 valence electrons. The molecule has 1 aliphatic heterocycles. The number of nitrogens with one attached hydrogen (secondary N) is 1. The summed E-state index contributed by atoms with van der Waals surface area (Å²) < 4.78 is 45.3. The minimum absolute atomic E-state index is 0. The Morgan fingerprint density at radius 3 is 2.88 bits per heavy atom. The van der Waals surface area contributed by atoms with Crippen LogP contribution in [0.1, 0.15) is 12.8 Å². The number of hydrogen-bond donors (Lipinski definition) is 2. The van der Waals surface area contributed by atoms with Crippen LogP contribution >= 0.6 is 12.4 Å². The van der Waals surface area contributed by atoms with E-state index in [-0.39, 0.29) is 36.4 Å². The van der Waals surface area contributed by atoms with Crippen LogP contribution in [0.15, 0.2) is 29.2 Å². The van der Waals surface area contributed by atoms with Crippen molar-refractivity contribution in [1.29, 1.82) is 0 Å². The lowest BCUT2D eigenvalue weighted by molar-refractivity contribution is -0.135. The van der Waals surface area contributed by atoms with Gasteiger partial charge in [0.15, 0.2) is 0 Å². The summed E-state index contributed by atoms with van der Waals surface area (Å²) in [6, 6.07) is 3.59. The molecule has 0 radical (unpaired) electrons. The van der Waals surface area contributed by atoms with Gasteiger partial charge in [0.25, 0.3) is 0 Å². The molecule has 0 saturated carbocycles. The van der Waals surface area contributed by atoms with Gasteiger partial charge in [-0.2, -0.15) is 0 Å². The van der Waals surface area contributed by atoms with Crippen molar-refractivity contribution >= 4 is 28.3 Å². The fourth-order valence-electron chi connectivity index (χ4n) is 2.68. The highest BCUT2D eigenvalue weighted by Gasteiger charge is 2.29. The molecule has 0 aliphatic carbocycles. The first-order valence-corrected chi connectivity index (χ1v) is 9.13. The predicted octanol–water partition coefficient (Wildman–Crippen LogP) is 0.491. The first kappa shape index (κ1) is 21.8. The maximum absolute atomic E-state index is 13.2. The molecule has 25 heavy (non-hydrogen) atoms. The van der Waals surface area contributed by atoms with E-state index in [1.165, 1.54) is 30.2 Å². The molecule has 2 unspecified atom stereocenters. The summed E-state index contributed by atoms with van der Waals surface area (Å²) >= 11 is 0. The second-order valence-corrected chi connectivity index (χ2v) is 7.48. The average Bonchev–Trinajstić information content (AvgIpc) is 2.54. The van der Waals surface area contributed by atoms with Gasteiger partial charge in [0, 0.05) is 26.2 Å². The molecule has 0 spiro atoms. The molecule has 3 N–H and O–H groups in total. The summed E-state index contributed by atoms with van der Waals surface area (Å²) in [6.45, 7) is 0.855. The molecule has 1 amide bonds. The third-order valence-corrected chi connectivity index (χ3v) is 5.34. The van der Waals surface area contributed by atoms with Crippen LogP contribution in [-0.2, 0) is 19.6 Å². The van der Waals surface area contributed by atoms with Crippen LogP contribution in [0.3, 0.4) is 0 Å². The number of nitrogens with zero attached hydrogens (tertiary/aromatic N) is 1. The van der Waals surface area contributed by atoms with Gasteiger partial charge in [-0.3, -0.25) is 4.79 Å². The van der Waals surface area contributed by atoms with Crippen LogP contribution in [0.5, 0.6) is 0 Å². The number of sulfonamides is 1. The fraction of sp³-hybridized carbons (Fsp3) is 0.533. The van der Waals surface area contributed by atoms with E-state index < -0.39 is 27.9 Å². The second kappa shape index (κ2) is 9.44. The third kappa shape index (κ3) is 5.89. The Bertz CT molecular complexity index is 689. The summed E-state index contributed by atoms with van der Waals surface area (Å²) in [5.41, 5.74) is 5.74. The van der Waals surface area contributed by atoms with E-state index in [1.54, 1.807) is 0 Å². The summed E-state index contributed by atoms with van der Waals surface area (Å²) in [5, 5.41) is 0. The number of rotatable bonds is 6. The predicted molar refractivity (Wildman–Crippen MR) is 93.4 cm³/mol. The summed E-state index contributed by atoms with van der Waals surface area (Å²) in [7, 11) is -2.39. The number of hydrogen-bond acceptors (Lipinski definition) is 5. The van der Waals surface area contributed by atoms with Crippen LogP contribution in [0.4, 0.5) is 4.39 Å². The van der Waals surface area contributed by atoms with Crippen LogP contribution in [0.2, 0.25) is 0 Å². The van der Waals surface area contributed by atoms with Crippen molar-refractivity contribution in [3.63, 3.8) is 0 Å². The highest BCUT2D eigenvalue weighted by atomic mass is 35.5. The number of amides is 1. The first-order chi connectivity index (χ1) is 11.3. The Hall–Kier alpha value is -1.26. The van der Waals surface area contributed by atoms with E-state index in [9.17, 15) is 17.6 Å². The normalized spacial score (nSPS) is 19.2. The Morgan fingerprint density at radius 1 is 1.52 bits per heavy atom. The first-order valence-electron chi connectivity index (χ1n) is 7.64. The number of benzene rings is 1. The highest BCUT2D eigenvalue weighted by molar-refractivity contribution is 7.89. The Kier molecular flexibility index (Phi) is 8.23. The zero-order valence-electron chi connectivity index (χ0n) is 13.9. The Morgan fingerprint density at radius 2 is 2.24 bits per heavy atom. The van der Waals surface area contributed by atoms with E-state index in [0.29, 0.717) is 19.4 Å². The van der Waals surface area contributed by atoms with Gasteiger partial charge < -0.3 is 15.4 Å². The molecule has 2 atom stereocenters. The number of halogens is 2. The topological polar surface area (TPSA) is 102 Å². The van der Waals surface area contributed by atoms with E-state index in [2.05, 4.69) is 4.72 Å². The summed E-state index contributed by atoms with van der Waals surface area (Å²) in [6.07, 6.45) is 1.25.